The molecule has 0 bridgehead atoms. The molecule has 248 valence electrons. The average Bonchev–Trinajstić information content (AvgIpc) is 3.65. The van der Waals surface area contributed by atoms with Gasteiger partial charge in [0.2, 0.25) is 0 Å². The molecule has 0 atom stereocenters. The smallest absolute Gasteiger partial charge is 0.160 e. The monoisotopic (exact) mass is 667 g/mol. The predicted octanol–water partition coefficient (Wildman–Crippen LogP) is 12.6. The molecule has 0 N–H and O–H groups in total. The van der Waals surface area contributed by atoms with E-state index in [4.69, 9.17) is 9.97 Å². The topological polar surface area (TPSA) is 30.7 Å². The number of nitrogens with zero attached hydrogens (tertiary/aromatic N) is 3. The van der Waals surface area contributed by atoms with Crippen molar-refractivity contribution in [1.29, 1.82) is 0 Å². The maximum Gasteiger partial charge on any atom is 0.160 e. The molecule has 10 rings (SSSR count). The first-order valence-electron chi connectivity index (χ1n) is 18.2. The van der Waals surface area contributed by atoms with Crippen LogP contribution in [0.25, 0.3) is 78.0 Å². The fourth-order valence-electron chi connectivity index (χ4n) is 8.34. The minimum atomic E-state index is -0.0733. The maximum absolute atomic E-state index is 5.17. The molecule has 2 aromatic heterocycles. The van der Waals surface area contributed by atoms with E-state index in [1.807, 2.05) is 0 Å². The van der Waals surface area contributed by atoms with Crippen LogP contribution in [0.3, 0.4) is 0 Å². The van der Waals surface area contributed by atoms with Crippen LogP contribution in [0.4, 0.5) is 0 Å². The molecule has 52 heavy (non-hydrogen) atoms. The highest BCUT2D eigenvalue weighted by Crippen LogP contribution is 2.51. The molecule has 2 aliphatic rings. The van der Waals surface area contributed by atoms with E-state index in [1.165, 1.54) is 55.2 Å². The maximum atomic E-state index is 5.17. The molecule has 6 aromatic carbocycles. The van der Waals surface area contributed by atoms with Gasteiger partial charge in [0.1, 0.15) is 0 Å². The SMILES string of the molecule is CC1(C)c2ccccc2-c2cc3c4ccccc4n(-c4ccc(-c5nc(C6=CCCC=C6)cc(-c6ccc(-c7ccccc7)cc6)n5)cc4)c3cc21. The molecule has 0 amide bonds. The third kappa shape index (κ3) is 4.88. The van der Waals surface area contributed by atoms with Gasteiger partial charge in [-0.05, 0) is 100 Å². The van der Waals surface area contributed by atoms with Gasteiger partial charge in [0.15, 0.2) is 5.82 Å². The van der Waals surface area contributed by atoms with Crippen molar-refractivity contribution in [2.24, 2.45) is 0 Å². The molecule has 3 heteroatoms. The Kier molecular flexibility index (Phi) is 6.97. The van der Waals surface area contributed by atoms with E-state index in [2.05, 4.69) is 182 Å². The molecule has 2 aliphatic carbocycles. The van der Waals surface area contributed by atoms with E-state index in [1.54, 1.807) is 0 Å². The molecule has 0 saturated heterocycles. The van der Waals surface area contributed by atoms with Crippen LogP contribution in [0.15, 0.2) is 164 Å². The van der Waals surface area contributed by atoms with Gasteiger partial charge in [-0.25, -0.2) is 9.97 Å². The molecule has 2 heterocycles. The van der Waals surface area contributed by atoms with Crippen molar-refractivity contribution in [3.63, 3.8) is 0 Å². The summed E-state index contributed by atoms with van der Waals surface area (Å²) in [7, 11) is 0. The van der Waals surface area contributed by atoms with E-state index >= 15 is 0 Å². The summed E-state index contributed by atoms with van der Waals surface area (Å²) >= 11 is 0. The Morgan fingerprint density at radius 3 is 2.02 bits per heavy atom. The van der Waals surface area contributed by atoms with Gasteiger partial charge in [0.05, 0.1) is 22.4 Å². The summed E-state index contributed by atoms with van der Waals surface area (Å²) in [6, 6.07) is 52.7. The van der Waals surface area contributed by atoms with Crippen LogP contribution in [0, 0.1) is 0 Å². The summed E-state index contributed by atoms with van der Waals surface area (Å²) in [6.45, 7) is 4.70. The van der Waals surface area contributed by atoms with Gasteiger partial charge in [-0.2, -0.15) is 0 Å². The van der Waals surface area contributed by atoms with Crippen LogP contribution in [0.2, 0.25) is 0 Å². The minimum absolute atomic E-state index is 0.0733. The van der Waals surface area contributed by atoms with Crippen LogP contribution in [0.1, 0.15) is 43.5 Å². The largest absolute Gasteiger partial charge is 0.309 e. The lowest BCUT2D eigenvalue weighted by atomic mass is 9.82. The van der Waals surface area contributed by atoms with Crippen LogP contribution in [-0.4, -0.2) is 14.5 Å². The molecule has 0 unspecified atom stereocenters. The Balaban J connectivity index is 1.08. The van der Waals surface area contributed by atoms with Crippen molar-refractivity contribution in [2.45, 2.75) is 32.1 Å². The van der Waals surface area contributed by atoms with Gasteiger partial charge >= 0.3 is 0 Å². The third-order valence-electron chi connectivity index (χ3n) is 11.1. The third-order valence-corrected chi connectivity index (χ3v) is 11.1. The first-order chi connectivity index (χ1) is 25.5. The Hall–Kier alpha value is -6.32. The lowest BCUT2D eigenvalue weighted by molar-refractivity contribution is 0.661. The number of benzene rings is 6. The molecule has 0 saturated carbocycles. The Bertz CT molecular complexity index is 2730. The number of hydrogen-bond acceptors (Lipinski definition) is 2. The fraction of sp³-hybridized carbons (Fsp3) is 0.102. The lowest BCUT2D eigenvalue weighted by Gasteiger charge is -2.21. The standard InChI is InChI=1S/C49H37N3/c1-49(2)42-19-11-9-17-38(42)40-29-41-39-18-10-12-20-46(39)52(47(41)30-43(40)49)37-27-25-36(26-28-37)48-50-44(34-15-7-4-8-16-34)31-45(51-48)35-23-21-33(22-24-35)32-13-5-3-6-14-32/h3,5-7,9-31H,4,8H2,1-2H3. The first-order valence-corrected chi connectivity index (χ1v) is 18.2. The number of rotatable bonds is 5. The normalized spacial score (nSPS) is 14.4. The van der Waals surface area contributed by atoms with E-state index in [0.717, 1.165) is 52.4 Å². The molecule has 0 aliphatic heterocycles. The predicted molar refractivity (Wildman–Crippen MR) is 217 cm³/mol. The number of fused-ring (bicyclic) bond motifs is 6. The highest BCUT2D eigenvalue weighted by Gasteiger charge is 2.36. The molecule has 8 aromatic rings. The Morgan fingerprint density at radius 2 is 1.21 bits per heavy atom. The van der Waals surface area contributed by atoms with Crippen molar-refractivity contribution in [3.8, 4) is 50.6 Å². The van der Waals surface area contributed by atoms with Crippen LogP contribution in [0.5, 0.6) is 0 Å². The van der Waals surface area contributed by atoms with E-state index < -0.39 is 0 Å². The van der Waals surface area contributed by atoms with Gasteiger partial charge in [0, 0.05) is 33.0 Å². The van der Waals surface area contributed by atoms with Crippen molar-refractivity contribution in [2.75, 3.05) is 0 Å². The van der Waals surface area contributed by atoms with Gasteiger partial charge in [0.25, 0.3) is 0 Å². The Morgan fingerprint density at radius 1 is 0.519 bits per heavy atom. The second kappa shape index (κ2) is 11.9. The lowest BCUT2D eigenvalue weighted by Crippen LogP contribution is -2.14. The molecule has 0 fully saturated rings. The second-order valence-corrected chi connectivity index (χ2v) is 14.5. The zero-order valence-electron chi connectivity index (χ0n) is 29.3. The average molecular weight is 668 g/mol. The number of para-hydroxylation sites is 1. The zero-order valence-corrected chi connectivity index (χ0v) is 29.3. The van der Waals surface area contributed by atoms with Gasteiger partial charge in [-0.3, -0.25) is 0 Å². The van der Waals surface area contributed by atoms with Crippen molar-refractivity contribution in [1.82, 2.24) is 14.5 Å². The van der Waals surface area contributed by atoms with Crippen molar-refractivity contribution >= 4 is 27.4 Å². The summed E-state index contributed by atoms with van der Waals surface area (Å²) in [5.41, 5.74) is 16.4. The molecule has 3 nitrogen and oxygen atoms in total. The second-order valence-electron chi connectivity index (χ2n) is 14.5. The van der Waals surface area contributed by atoms with Crippen LogP contribution >= 0.6 is 0 Å². The van der Waals surface area contributed by atoms with Crippen molar-refractivity contribution in [3.05, 3.63) is 181 Å². The molecule has 0 spiro atoms. The summed E-state index contributed by atoms with van der Waals surface area (Å²) in [6.07, 6.45) is 8.80. The van der Waals surface area contributed by atoms with Gasteiger partial charge in [-0.15, -0.1) is 0 Å². The first kappa shape index (κ1) is 30.5. The van der Waals surface area contributed by atoms with Gasteiger partial charge < -0.3 is 4.57 Å². The quantitative estimate of drug-likeness (QED) is 0.183. The number of hydrogen-bond donors (Lipinski definition) is 0. The number of aromatic nitrogens is 3. The van der Waals surface area contributed by atoms with Crippen LogP contribution < -0.4 is 0 Å². The molecule has 0 radical (unpaired) electrons. The highest BCUT2D eigenvalue weighted by molar-refractivity contribution is 6.11. The summed E-state index contributed by atoms with van der Waals surface area (Å²) in [4.78, 5) is 10.3. The Labute approximate surface area is 304 Å². The van der Waals surface area contributed by atoms with Crippen LogP contribution in [-0.2, 0) is 5.41 Å². The highest BCUT2D eigenvalue weighted by atomic mass is 15.0. The van der Waals surface area contributed by atoms with Crippen molar-refractivity contribution < 1.29 is 0 Å². The number of allylic oxidation sites excluding steroid dienone is 4. The van der Waals surface area contributed by atoms with E-state index in [-0.39, 0.29) is 5.41 Å². The minimum Gasteiger partial charge on any atom is -0.309 e. The summed E-state index contributed by atoms with van der Waals surface area (Å²) < 4.78 is 2.42. The molecular formula is C49H37N3. The van der Waals surface area contributed by atoms with E-state index in [9.17, 15) is 0 Å². The fourth-order valence-corrected chi connectivity index (χ4v) is 8.34. The molecular weight excluding hydrogens is 631 g/mol. The summed E-state index contributed by atoms with van der Waals surface area (Å²) in [5.74, 6) is 0.727. The zero-order chi connectivity index (χ0) is 34.8. The summed E-state index contributed by atoms with van der Waals surface area (Å²) in [5, 5.41) is 2.54. The van der Waals surface area contributed by atoms with E-state index in [0.29, 0.717) is 0 Å². The van der Waals surface area contributed by atoms with Gasteiger partial charge in [-0.1, -0.05) is 129 Å².